The predicted molar refractivity (Wildman–Crippen MR) is 117 cm³/mol. The van der Waals surface area contributed by atoms with Crippen molar-refractivity contribution >= 4 is 34.2 Å². The number of anilines is 1. The van der Waals surface area contributed by atoms with Crippen molar-refractivity contribution < 1.29 is 33.9 Å². The summed E-state index contributed by atoms with van der Waals surface area (Å²) in [5.74, 6) is -4.01. The standard InChI is InChI=1S/C21H18FN5O8/c1-35-19-16-13(18(28)10(20(29)30)6-26(16)9-2-3-9)15(27(33)34)14(22)17(19)25-5-4-24-7-11(21(31)32)23-12(24)8-25/h6-7,9H,2-5,8H2,1H3,(H,29,30)(H,31,32). The van der Waals surface area contributed by atoms with Crippen molar-refractivity contribution in [3.8, 4) is 5.75 Å². The topological polar surface area (TPSA) is 170 Å². The van der Waals surface area contributed by atoms with E-state index in [0.29, 0.717) is 18.7 Å². The van der Waals surface area contributed by atoms with Gasteiger partial charge in [0.05, 0.1) is 18.6 Å². The molecule has 0 bridgehead atoms. The van der Waals surface area contributed by atoms with Crippen LogP contribution in [0.5, 0.6) is 5.75 Å². The molecule has 0 radical (unpaired) electrons. The number of imidazole rings is 1. The lowest BCUT2D eigenvalue weighted by Crippen LogP contribution is -2.35. The minimum absolute atomic E-state index is 0.0618. The summed E-state index contributed by atoms with van der Waals surface area (Å²) in [4.78, 5) is 52.4. The fraction of sp³-hybridized carbons (Fsp3) is 0.333. The number of hydrogen-bond acceptors (Lipinski definition) is 8. The molecule has 0 unspecified atom stereocenters. The van der Waals surface area contributed by atoms with E-state index in [1.165, 1.54) is 22.8 Å². The molecule has 13 nitrogen and oxygen atoms in total. The number of methoxy groups -OCH3 is 1. The molecule has 3 heterocycles. The number of nitro groups is 1. The maximum absolute atomic E-state index is 15.9. The van der Waals surface area contributed by atoms with E-state index >= 15 is 4.39 Å². The van der Waals surface area contributed by atoms with E-state index in [9.17, 15) is 34.7 Å². The van der Waals surface area contributed by atoms with E-state index in [1.54, 1.807) is 4.57 Å². The summed E-state index contributed by atoms with van der Waals surface area (Å²) in [6.07, 6.45) is 3.74. The van der Waals surface area contributed by atoms with Gasteiger partial charge in [-0.05, 0) is 12.8 Å². The van der Waals surface area contributed by atoms with Crippen LogP contribution in [0.2, 0.25) is 0 Å². The summed E-state index contributed by atoms with van der Waals surface area (Å²) in [5, 5.41) is 30.1. The van der Waals surface area contributed by atoms with Crippen molar-refractivity contribution in [2.75, 3.05) is 18.6 Å². The summed E-state index contributed by atoms with van der Waals surface area (Å²) < 4.78 is 24.4. The lowest BCUT2D eigenvalue weighted by atomic mass is 10.0. The molecular weight excluding hydrogens is 469 g/mol. The van der Waals surface area contributed by atoms with Crippen LogP contribution in [0, 0.1) is 15.9 Å². The van der Waals surface area contributed by atoms with Crippen LogP contribution < -0.4 is 15.1 Å². The van der Waals surface area contributed by atoms with E-state index in [0.717, 1.165) is 6.20 Å². The van der Waals surface area contributed by atoms with Gasteiger partial charge in [0, 0.05) is 31.5 Å². The van der Waals surface area contributed by atoms with Crippen LogP contribution in [0.3, 0.4) is 0 Å². The number of aromatic carboxylic acids is 2. The molecule has 5 rings (SSSR count). The molecule has 2 N–H and O–H groups in total. The minimum Gasteiger partial charge on any atom is -0.492 e. The van der Waals surface area contributed by atoms with Gasteiger partial charge in [0.25, 0.3) is 0 Å². The molecule has 182 valence electrons. The Morgan fingerprint density at radius 1 is 1.23 bits per heavy atom. The number of ether oxygens (including phenoxy) is 1. The van der Waals surface area contributed by atoms with Gasteiger partial charge < -0.3 is 29.0 Å². The van der Waals surface area contributed by atoms with Crippen molar-refractivity contribution in [2.45, 2.75) is 32.0 Å². The Bertz CT molecular complexity index is 1510. The normalized spacial score (nSPS) is 15.2. The second-order valence-corrected chi connectivity index (χ2v) is 8.30. The highest BCUT2D eigenvalue weighted by molar-refractivity contribution is 6.02. The largest absolute Gasteiger partial charge is 0.492 e. The van der Waals surface area contributed by atoms with Gasteiger partial charge in [0.1, 0.15) is 28.0 Å². The summed E-state index contributed by atoms with van der Waals surface area (Å²) in [5.41, 5.74) is -3.56. The maximum Gasteiger partial charge on any atom is 0.356 e. The first-order chi connectivity index (χ1) is 16.6. The number of nitrogens with zero attached hydrogens (tertiary/aromatic N) is 5. The van der Waals surface area contributed by atoms with Crippen LogP contribution in [0.25, 0.3) is 10.9 Å². The monoisotopic (exact) mass is 487 g/mol. The van der Waals surface area contributed by atoms with Crippen molar-refractivity contribution in [1.82, 2.24) is 14.1 Å². The second-order valence-electron chi connectivity index (χ2n) is 8.30. The molecule has 0 atom stereocenters. The SMILES string of the molecule is COc1c(N2CCn3cc(C(=O)O)nc3C2)c(F)c([N+](=O)[O-])c2c(=O)c(C(=O)O)cn(C3CC3)c12. The number of benzene rings is 1. The Morgan fingerprint density at radius 3 is 2.51 bits per heavy atom. The third-order valence-corrected chi connectivity index (χ3v) is 6.21. The van der Waals surface area contributed by atoms with Gasteiger partial charge in [0.15, 0.2) is 11.4 Å². The zero-order valence-electron chi connectivity index (χ0n) is 18.2. The number of fused-ring (bicyclic) bond motifs is 2. The van der Waals surface area contributed by atoms with Crippen LogP contribution in [-0.4, -0.2) is 54.8 Å². The maximum atomic E-state index is 15.9. The second kappa shape index (κ2) is 7.78. The number of rotatable bonds is 6. The molecule has 2 aliphatic rings. The first kappa shape index (κ1) is 22.3. The van der Waals surface area contributed by atoms with Crippen molar-refractivity contribution in [2.24, 2.45) is 0 Å². The fourth-order valence-corrected chi connectivity index (χ4v) is 4.50. The van der Waals surface area contributed by atoms with Gasteiger partial charge in [-0.25, -0.2) is 14.6 Å². The number of carboxylic acid groups (broad SMARTS) is 2. The highest BCUT2D eigenvalue weighted by Gasteiger charge is 2.38. The average Bonchev–Trinajstić information content (AvgIpc) is 3.55. The summed E-state index contributed by atoms with van der Waals surface area (Å²) in [7, 11) is 1.23. The number of aromatic nitrogens is 3. The highest BCUT2D eigenvalue weighted by atomic mass is 19.1. The van der Waals surface area contributed by atoms with Crippen molar-refractivity contribution in [3.63, 3.8) is 0 Å². The van der Waals surface area contributed by atoms with Gasteiger partial charge >= 0.3 is 17.6 Å². The zero-order valence-corrected chi connectivity index (χ0v) is 18.2. The summed E-state index contributed by atoms with van der Waals surface area (Å²) in [6, 6.07) is -0.235. The molecule has 3 aromatic rings. The zero-order chi connectivity index (χ0) is 25.2. The highest BCUT2D eigenvalue weighted by Crippen LogP contribution is 2.47. The molecular formula is C21H18FN5O8. The Labute approximate surface area is 194 Å². The van der Waals surface area contributed by atoms with Crippen LogP contribution in [0.1, 0.15) is 45.6 Å². The molecule has 1 aromatic carbocycles. The first-order valence-electron chi connectivity index (χ1n) is 10.5. The van der Waals surface area contributed by atoms with Gasteiger partial charge in [-0.2, -0.15) is 4.39 Å². The number of hydrogen-bond donors (Lipinski definition) is 2. The molecule has 1 aliphatic carbocycles. The van der Waals surface area contributed by atoms with E-state index in [-0.39, 0.29) is 48.3 Å². The molecule has 35 heavy (non-hydrogen) atoms. The Morgan fingerprint density at radius 2 is 1.94 bits per heavy atom. The van der Waals surface area contributed by atoms with Crippen LogP contribution in [-0.2, 0) is 13.1 Å². The van der Waals surface area contributed by atoms with Crippen LogP contribution >= 0.6 is 0 Å². The molecule has 0 spiro atoms. The fourth-order valence-electron chi connectivity index (χ4n) is 4.50. The van der Waals surface area contributed by atoms with Crippen LogP contribution in [0.4, 0.5) is 15.8 Å². The van der Waals surface area contributed by atoms with Crippen molar-refractivity contribution in [3.05, 3.63) is 55.6 Å². The van der Waals surface area contributed by atoms with Gasteiger partial charge in [0.2, 0.25) is 11.2 Å². The lowest BCUT2D eigenvalue weighted by molar-refractivity contribution is -0.385. The molecule has 14 heteroatoms. The summed E-state index contributed by atoms with van der Waals surface area (Å²) >= 11 is 0. The summed E-state index contributed by atoms with van der Waals surface area (Å²) in [6.45, 7) is 0.279. The lowest BCUT2D eigenvalue weighted by Gasteiger charge is -2.31. The van der Waals surface area contributed by atoms with Gasteiger partial charge in [-0.1, -0.05) is 0 Å². The quantitative estimate of drug-likeness (QED) is 0.387. The third kappa shape index (κ3) is 3.36. The predicted octanol–water partition coefficient (Wildman–Crippen LogP) is 2.01. The average molecular weight is 487 g/mol. The molecule has 0 saturated heterocycles. The molecule has 0 amide bonds. The first-order valence-corrected chi connectivity index (χ1v) is 10.5. The van der Waals surface area contributed by atoms with Gasteiger partial charge in [-0.15, -0.1) is 0 Å². The Kier molecular flexibility index (Phi) is 4.96. The van der Waals surface area contributed by atoms with Gasteiger partial charge in [-0.3, -0.25) is 14.9 Å². The van der Waals surface area contributed by atoms with E-state index in [2.05, 4.69) is 4.98 Å². The van der Waals surface area contributed by atoms with E-state index in [1.807, 2.05) is 0 Å². The molecule has 2 aromatic heterocycles. The number of carboxylic acids is 2. The number of halogens is 1. The minimum atomic E-state index is -1.58. The smallest absolute Gasteiger partial charge is 0.356 e. The number of pyridine rings is 1. The third-order valence-electron chi connectivity index (χ3n) is 6.21. The molecule has 1 fully saturated rings. The van der Waals surface area contributed by atoms with E-state index in [4.69, 9.17) is 4.74 Å². The Hall–Kier alpha value is -4.49. The number of nitro benzene ring substituents is 1. The molecule has 1 saturated carbocycles. The van der Waals surface area contributed by atoms with Crippen LogP contribution in [0.15, 0.2) is 17.2 Å². The van der Waals surface area contributed by atoms with E-state index < -0.39 is 44.7 Å². The van der Waals surface area contributed by atoms with Crippen molar-refractivity contribution in [1.29, 1.82) is 0 Å². The molecule has 1 aliphatic heterocycles. The Balaban J connectivity index is 1.82. The number of carbonyl (C=O) groups is 2.